The molecule has 0 N–H and O–H groups in total. The minimum atomic E-state index is -3.95. The van der Waals surface area contributed by atoms with E-state index in [1.807, 2.05) is 6.92 Å². The summed E-state index contributed by atoms with van der Waals surface area (Å²) >= 11 is 0. The molecular weight excluding hydrogens is 430 g/mol. The largest absolute Gasteiger partial charge is 0.466 e. The number of hydrogen-bond acceptors (Lipinski definition) is 6. The van der Waals surface area contributed by atoms with Crippen LogP contribution in [0.2, 0.25) is 0 Å². The molecule has 1 heterocycles. The summed E-state index contributed by atoms with van der Waals surface area (Å²) in [7, 11) is -3.95. The lowest BCUT2D eigenvalue weighted by molar-refractivity contribution is -0.143. The second-order valence-electron chi connectivity index (χ2n) is 7.92. The predicted octanol–water partition coefficient (Wildman–Crippen LogP) is 3.70. The number of para-hydroxylation sites is 1. The van der Waals surface area contributed by atoms with Crippen molar-refractivity contribution in [1.29, 1.82) is 0 Å². The Labute approximate surface area is 188 Å². The van der Waals surface area contributed by atoms with E-state index < -0.39 is 27.2 Å². The Balaban J connectivity index is 1.98. The highest BCUT2D eigenvalue weighted by atomic mass is 32.2. The summed E-state index contributed by atoms with van der Waals surface area (Å²) in [6, 6.07) is 12.9. The van der Waals surface area contributed by atoms with Crippen molar-refractivity contribution in [3.63, 3.8) is 0 Å². The van der Waals surface area contributed by atoms with Crippen LogP contribution in [-0.2, 0) is 24.3 Å². The molecule has 2 aromatic rings. The van der Waals surface area contributed by atoms with Crippen LogP contribution in [0.5, 0.6) is 0 Å². The number of anilines is 1. The molecule has 170 valence electrons. The minimum absolute atomic E-state index is 0.0257. The number of esters is 1. The van der Waals surface area contributed by atoms with E-state index in [2.05, 4.69) is 0 Å². The van der Waals surface area contributed by atoms with Crippen molar-refractivity contribution < 1.29 is 27.5 Å². The van der Waals surface area contributed by atoms with Crippen molar-refractivity contribution in [3.8, 4) is 0 Å². The number of rotatable bonds is 8. The van der Waals surface area contributed by atoms with Crippen molar-refractivity contribution in [2.45, 2.75) is 44.4 Å². The quantitative estimate of drug-likeness (QED) is 0.341. The van der Waals surface area contributed by atoms with Crippen molar-refractivity contribution in [1.82, 2.24) is 0 Å². The smallest absolute Gasteiger partial charge is 0.305 e. The molecule has 0 saturated heterocycles. The van der Waals surface area contributed by atoms with Gasteiger partial charge in [-0.2, -0.15) is 0 Å². The zero-order valence-corrected chi connectivity index (χ0v) is 19.1. The summed E-state index contributed by atoms with van der Waals surface area (Å²) < 4.78 is 33.1. The summed E-state index contributed by atoms with van der Waals surface area (Å²) in [6.07, 6.45) is 1.15. The molecule has 0 aliphatic carbocycles. The fourth-order valence-corrected chi connectivity index (χ4v) is 5.45. The lowest BCUT2D eigenvalue weighted by atomic mass is 9.75. The molecule has 0 spiro atoms. The van der Waals surface area contributed by atoms with Gasteiger partial charge in [0.25, 0.3) is 10.0 Å². The molecular formula is C24H27NO6S. The standard InChI is InChI=1S/C24H27NO6S/c1-3-31-22(27)9-6-14-24(17-26)15-16-25(21-8-5-4-7-20(21)23(24)28)32(29,30)19-12-10-18(2)11-13-19/h4-5,7-8,10-13,17H,3,6,9,14-16H2,1-2H3. The average Bonchev–Trinajstić information content (AvgIpc) is 2.90. The molecule has 1 unspecified atom stereocenters. The average molecular weight is 458 g/mol. The molecule has 3 rings (SSSR count). The van der Waals surface area contributed by atoms with Gasteiger partial charge < -0.3 is 9.53 Å². The fraction of sp³-hybridized carbons (Fsp3) is 0.375. The minimum Gasteiger partial charge on any atom is -0.466 e. The molecule has 1 aliphatic heterocycles. The normalized spacial score (nSPS) is 18.6. The molecule has 2 aromatic carbocycles. The molecule has 0 bridgehead atoms. The molecule has 0 fully saturated rings. The number of hydrogen-bond donors (Lipinski definition) is 0. The second-order valence-corrected chi connectivity index (χ2v) is 9.78. The number of carbonyl (C=O) groups is 3. The number of ketones is 1. The Bertz CT molecular complexity index is 1110. The van der Waals surface area contributed by atoms with E-state index in [1.165, 1.54) is 16.4 Å². The van der Waals surface area contributed by atoms with E-state index in [1.54, 1.807) is 43.3 Å². The number of carbonyl (C=O) groups excluding carboxylic acids is 3. The van der Waals surface area contributed by atoms with Crippen LogP contribution in [0.4, 0.5) is 5.69 Å². The third kappa shape index (κ3) is 4.60. The number of Topliss-reactive ketones (excluding diaryl/α,β-unsaturated/α-hetero) is 1. The van der Waals surface area contributed by atoms with Crippen LogP contribution in [0, 0.1) is 12.3 Å². The third-order valence-corrected chi connectivity index (χ3v) is 7.60. The number of aldehydes is 1. The van der Waals surface area contributed by atoms with Gasteiger partial charge in [0.15, 0.2) is 5.78 Å². The van der Waals surface area contributed by atoms with Crippen LogP contribution in [0.1, 0.15) is 48.5 Å². The first-order chi connectivity index (χ1) is 15.2. The van der Waals surface area contributed by atoms with Crippen molar-refractivity contribution in [2.24, 2.45) is 5.41 Å². The molecule has 0 aromatic heterocycles. The van der Waals surface area contributed by atoms with Crippen LogP contribution in [0.25, 0.3) is 0 Å². The molecule has 32 heavy (non-hydrogen) atoms. The maximum absolute atomic E-state index is 13.5. The van der Waals surface area contributed by atoms with Gasteiger partial charge in [0.2, 0.25) is 0 Å². The zero-order valence-electron chi connectivity index (χ0n) is 18.2. The van der Waals surface area contributed by atoms with Crippen LogP contribution in [0.15, 0.2) is 53.4 Å². The first-order valence-electron chi connectivity index (χ1n) is 10.6. The fourth-order valence-electron chi connectivity index (χ4n) is 3.96. The molecule has 0 radical (unpaired) electrons. The summed E-state index contributed by atoms with van der Waals surface area (Å²) in [4.78, 5) is 37.5. The summed E-state index contributed by atoms with van der Waals surface area (Å²) in [5.74, 6) is -0.813. The summed E-state index contributed by atoms with van der Waals surface area (Å²) in [5, 5.41) is 0. The summed E-state index contributed by atoms with van der Waals surface area (Å²) in [5.41, 5.74) is -0.0340. The van der Waals surface area contributed by atoms with E-state index in [0.29, 0.717) is 6.29 Å². The second kappa shape index (κ2) is 9.65. The zero-order chi connectivity index (χ0) is 23.4. The third-order valence-electron chi connectivity index (χ3n) is 5.77. The van der Waals surface area contributed by atoms with E-state index in [0.717, 1.165) is 5.56 Å². The lowest BCUT2D eigenvalue weighted by Gasteiger charge is -2.26. The van der Waals surface area contributed by atoms with Gasteiger partial charge in [-0.05, 0) is 57.4 Å². The SMILES string of the molecule is CCOC(=O)CCCC1(C=O)CCN(S(=O)(=O)c2ccc(C)cc2)c2ccccc2C1=O. The van der Waals surface area contributed by atoms with Gasteiger partial charge in [-0.15, -0.1) is 0 Å². The molecule has 8 heteroatoms. The Hall–Kier alpha value is -3.00. The van der Waals surface area contributed by atoms with Crippen LogP contribution in [-0.4, -0.2) is 39.6 Å². The number of benzene rings is 2. The number of sulfonamides is 1. The Kier molecular flexibility index (Phi) is 7.13. The van der Waals surface area contributed by atoms with Gasteiger partial charge >= 0.3 is 5.97 Å². The molecule has 0 amide bonds. The van der Waals surface area contributed by atoms with E-state index >= 15 is 0 Å². The van der Waals surface area contributed by atoms with Crippen LogP contribution in [0.3, 0.4) is 0 Å². The van der Waals surface area contributed by atoms with Gasteiger partial charge in [-0.25, -0.2) is 8.42 Å². The first kappa shape index (κ1) is 23.7. The number of nitrogens with zero attached hydrogens (tertiary/aromatic N) is 1. The van der Waals surface area contributed by atoms with Crippen LogP contribution >= 0.6 is 0 Å². The number of ether oxygens (including phenoxy) is 1. The monoisotopic (exact) mass is 457 g/mol. The predicted molar refractivity (Wildman–Crippen MR) is 120 cm³/mol. The lowest BCUT2D eigenvalue weighted by Crippen LogP contribution is -2.36. The van der Waals surface area contributed by atoms with Gasteiger partial charge in [0.1, 0.15) is 6.29 Å². The van der Waals surface area contributed by atoms with Gasteiger partial charge in [-0.1, -0.05) is 29.8 Å². The first-order valence-corrected chi connectivity index (χ1v) is 12.0. The van der Waals surface area contributed by atoms with E-state index in [4.69, 9.17) is 4.74 Å². The molecule has 7 nitrogen and oxygen atoms in total. The van der Waals surface area contributed by atoms with E-state index in [9.17, 15) is 22.8 Å². The molecule has 1 atom stereocenters. The van der Waals surface area contributed by atoms with Gasteiger partial charge in [0.05, 0.1) is 22.6 Å². The number of fused-ring (bicyclic) bond motifs is 1. The van der Waals surface area contributed by atoms with Crippen molar-refractivity contribution in [3.05, 3.63) is 59.7 Å². The van der Waals surface area contributed by atoms with Crippen LogP contribution < -0.4 is 4.31 Å². The maximum Gasteiger partial charge on any atom is 0.305 e. The van der Waals surface area contributed by atoms with E-state index in [-0.39, 0.29) is 55.0 Å². The number of aryl methyl sites for hydroxylation is 1. The maximum atomic E-state index is 13.5. The summed E-state index contributed by atoms with van der Waals surface area (Å²) in [6.45, 7) is 3.80. The van der Waals surface area contributed by atoms with Crippen molar-refractivity contribution >= 4 is 33.7 Å². The topological polar surface area (TPSA) is 97.8 Å². The highest BCUT2D eigenvalue weighted by Crippen LogP contribution is 2.40. The highest BCUT2D eigenvalue weighted by molar-refractivity contribution is 7.92. The van der Waals surface area contributed by atoms with Gasteiger partial charge in [-0.3, -0.25) is 13.9 Å². The van der Waals surface area contributed by atoms with Gasteiger partial charge in [0, 0.05) is 18.5 Å². The molecule has 1 aliphatic rings. The Morgan fingerprint density at radius 2 is 1.84 bits per heavy atom. The Morgan fingerprint density at radius 3 is 2.50 bits per heavy atom. The Morgan fingerprint density at radius 1 is 1.16 bits per heavy atom. The molecule has 0 saturated carbocycles. The van der Waals surface area contributed by atoms with Crippen molar-refractivity contribution in [2.75, 3.05) is 17.5 Å². The highest BCUT2D eigenvalue weighted by Gasteiger charge is 2.44.